The van der Waals surface area contributed by atoms with Gasteiger partial charge in [-0.2, -0.15) is 0 Å². The van der Waals surface area contributed by atoms with Gasteiger partial charge in [-0.25, -0.2) is 0 Å². The Kier molecular flexibility index (Phi) is 6.40. The monoisotopic (exact) mass is 907 g/mol. The van der Waals surface area contributed by atoms with E-state index in [-0.39, 0.29) is 13.7 Å². The van der Waals surface area contributed by atoms with Gasteiger partial charge in [-0.15, -0.1) is 0 Å². The predicted molar refractivity (Wildman–Crippen MR) is 302 cm³/mol. The average Bonchev–Trinajstić information content (AvgIpc) is 4.29. The SMILES string of the molecule is c1cc(-c2ccc3c4c2-c2c(ccc5oc6ccccc6c25)B4n2c4ccccc4c4cccc-3c42)cc(-n2c3ccccc3c3c4c(ccc32)B2c3c-4cccc3-c3cccc4c5ccccc5n2c34)c1. The smallest absolute Gasteiger partial charge is 0.330 e. The topological polar surface area (TPSA) is 27.9 Å². The minimum atomic E-state index is -0.000364. The molecule has 72 heavy (non-hydrogen) atoms. The Labute approximate surface area is 412 Å². The normalized spacial score (nSPS) is 13.5. The van der Waals surface area contributed by atoms with Gasteiger partial charge in [0.15, 0.2) is 0 Å². The van der Waals surface area contributed by atoms with Crippen molar-refractivity contribution in [3.05, 3.63) is 212 Å². The molecule has 4 nitrogen and oxygen atoms in total. The second kappa shape index (κ2) is 12.6. The molecule has 0 bridgehead atoms. The number of hydrogen-bond donors (Lipinski definition) is 0. The lowest BCUT2D eigenvalue weighted by Crippen LogP contribution is -2.47. The summed E-state index contributed by atoms with van der Waals surface area (Å²) in [6, 6.07) is 80.0. The number of para-hydroxylation sites is 6. The number of nitrogens with zero attached hydrogens (tertiary/aromatic N) is 3. The highest BCUT2D eigenvalue weighted by molar-refractivity contribution is 6.92. The summed E-state index contributed by atoms with van der Waals surface area (Å²) < 4.78 is 14.5. The highest BCUT2D eigenvalue weighted by atomic mass is 16.3. The maximum atomic E-state index is 6.69. The third-order valence-corrected chi connectivity index (χ3v) is 17.4. The van der Waals surface area contributed by atoms with E-state index in [0.717, 1.165) is 22.2 Å². The number of benzene rings is 11. The molecule has 326 valence electrons. The molecule has 6 heteroatoms. The van der Waals surface area contributed by atoms with Gasteiger partial charge in [-0.05, 0) is 115 Å². The third-order valence-electron chi connectivity index (χ3n) is 17.4. The maximum Gasteiger partial charge on any atom is 0.330 e. The van der Waals surface area contributed by atoms with Crippen LogP contribution in [0.25, 0.3) is 149 Å². The van der Waals surface area contributed by atoms with Crippen LogP contribution in [0.5, 0.6) is 0 Å². The van der Waals surface area contributed by atoms with Crippen LogP contribution < -0.4 is 21.9 Å². The molecule has 0 unspecified atom stereocenters. The Morgan fingerprint density at radius 1 is 0.319 bits per heavy atom. The molecule has 0 atom stereocenters. The summed E-state index contributed by atoms with van der Waals surface area (Å²) in [4.78, 5) is 0. The van der Waals surface area contributed by atoms with Gasteiger partial charge < -0.3 is 17.9 Å². The fourth-order valence-corrected chi connectivity index (χ4v) is 14.9. The summed E-state index contributed by atoms with van der Waals surface area (Å²) in [5.74, 6) is 0. The van der Waals surface area contributed by atoms with E-state index in [1.54, 1.807) is 0 Å². The fourth-order valence-electron chi connectivity index (χ4n) is 14.9. The largest absolute Gasteiger partial charge is 0.456 e. The molecule has 0 spiro atoms. The number of hydrogen-bond acceptors (Lipinski definition) is 1. The van der Waals surface area contributed by atoms with Gasteiger partial charge in [0.05, 0.1) is 11.0 Å². The van der Waals surface area contributed by atoms with Crippen LogP contribution in [0.1, 0.15) is 0 Å². The van der Waals surface area contributed by atoms with E-state index in [1.807, 2.05) is 0 Å². The predicted octanol–water partition coefficient (Wildman–Crippen LogP) is 13.8. The van der Waals surface area contributed by atoms with Crippen LogP contribution in [0.3, 0.4) is 0 Å². The van der Waals surface area contributed by atoms with Crippen molar-refractivity contribution in [2.45, 2.75) is 0 Å². The molecule has 0 saturated heterocycles. The Balaban J connectivity index is 0.874. The lowest BCUT2D eigenvalue weighted by Gasteiger charge is -2.26. The summed E-state index contributed by atoms with van der Waals surface area (Å²) in [5, 5.41) is 10.2. The van der Waals surface area contributed by atoms with Gasteiger partial charge in [-0.1, -0.05) is 164 Å². The van der Waals surface area contributed by atoms with E-state index < -0.39 is 0 Å². The van der Waals surface area contributed by atoms with E-state index >= 15 is 0 Å². The van der Waals surface area contributed by atoms with E-state index in [4.69, 9.17) is 4.42 Å². The van der Waals surface area contributed by atoms with Gasteiger partial charge in [0.25, 0.3) is 0 Å². The second-order valence-corrected chi connectivity index (χ2v) is 20.5. The molecule has 11 aromatic carbocycles. The molecule has 0 radical (unpaired) electrons. The zero-order valence-electron chi connectivity index (χ0n) is 38.6. The Bertz CT molecular complexity index is 5080. The molecule has 0 aliphatic carbocycles. The van der Waals surface area contributed by atoms with E-state index in [0.29, 0.717) is 0 Å². The van der Waals surface area contributed by atoms with Gasteiger partial charge in [0.1, 0.15) is 11.2 Å². The number of rotatable bonds is 2. The van der Waals surface area contributed by atoms with Crippen LogP contribution in [0, 0.1) is 0 Å². The highest BCUT2D eigenvalue weighted by Crippen LogP contribution is 2.50. The Hall–Kier alpha value is -9.25. The standard InChI is InChI=1S/C66H35B2N3O/c1-6-26-53-39(15-1)43-20-11-22-45-41-19-10-24-49-58-50(67(63(41)49)70(53)65(43)45)31-33-55-59(58)47-17-3-5-25-52(47)69(55)37-14-9-13-36(35-37)38-29-30-42-46-23-12-21-44-40-16-2-7-27-54(40)71(66(44)46)68-51-32-34-57-60(62(51)61(38)64(42)68)48-18-4-8-28-56(48)72-57/h1-35H. The molecular weight excluding hydrogens is 872 g/mol. The first-order chi connectivity index (χ1) is 35.8. The van der Waals surface area contributed by atoms with Crippen molar-refractivity contribution in [2.75, 3.05) is 0 Å². The second-order valence-electron chi connectivity index (χ2n) is 20.5. The molecule has 19 rings (SSSR count). The summed E-state index contributed by atoms with van der Waals surface area (Å²) in [6.07, 6.45) is 0. The molecule has 0 saturated carbocycles. The molecule has 8 heterocycles. The molecule has 0 N–H and O–H groups in total. The minimum absolute atomic E-state index is 0.000364. The highest BCUT2D eigenvalue weighted by Gasteiger charge is 2.45. The van der Waals surface area contributed by atoms with Gasteiger partial charge >= 0.3 is 13.7 Å². The van der Waals surface area contributed by atoms with Crippen LogP contribution in [-0.4, -0.2) is 27.2 Å². The first kappa shape index (κ1) is 36.7. The average molecular weight is 908 g/mol. The first-order valence-electron chi connectivity index (χ1n) is 25.2. The fraction of sp³-hybridized carbons (Fsp3) is 0. The Morgan fingerprint density at radius 2 is 0.889 bits per heavy atom. The summed E-state index contributed by atoms with van der Waals surface area (Å²) >= 11 is 0. The summed E-state index contributed by atoms with van der Waals surface area (Å²) in [6.45, 7) is 0.0768. The van der Waals surface area contributed by atoms with E-state index in [1.165, 1.54) is 148 Å². The number of fused-ring (bicyclic) bond motifs is 24. The van der Waals surface area contributed by atoms with Crippen molar-refractivity contribution < 1.29 is 4.42 Å². The van der Waals surface area contributed by atoms with Crippen LogP contribution >= 0.6 is 0 Å². The van der Waals surface area contributed by atoms with Crippen molar-refractivity contribution in [1.82, 2.24) is 13.5 Å². The molecule has 0 fully saturated rings. The van der Waals surface area contributed by atoms with Crippen LogP contribution in [0.4, 0.5) is 0 Å². The molecule has 0 amide bonds. The van der Waals surface area contributed by atoms with Crippen LogP contribution in [0.15, 0.2) is 217 Å². The minimum Gasteiger partial charge on any atom is -0.456 e. The molecule has 4 aliphatic rings. The Morgan fingerprint density at radius 3 is 1.67 bits per heavy atom. The number of aromatic nitrogens is 3. The first-order valence-corrected chi connectivity index (χ1v) is 25.2. The third kappa shape index (κ3) is 4.11. The summed E-state index contributed by atoms with van der Waals surface area (Å²) in [7, 11) is 0. The van der Waals surface area contributed by atoms with Crippen molar-refractivity contribution in [1.29, 1.82) is 0 Å². The zero-order chi connectivity index (χ0) is 46.2. The zero-order valence-corrected chi connectivity index (χ0v) is 38.6. The van der Waals surface area contributed by atoms with Crippen molar-refractivity contribution in [3.8, 4) is 61.3 Å². The van der Waals surface area contributed by atoms with Gasteiger partial charge in [0, 0.05) is 82.0 Å². The molecule has 15 aromatic rings. The van der Waals surface area contributed by atoms with E-state index in [2.05, 4.69) is 226 Å². The quantitative estimate of drug-likeness (QED) is 0.159. The van der Waals surface area contributed by atoms with Gasteiger partial charge in [0.2, 0.25) is 0 Å². The number of furan rings is 1. The lowest BCUT2D eigenvalue weighted by atomic mass is 9.50. The van der Waals surface area contributed by atoms with Crippen LogP contribution in [-0.2, 0) is 0 Å². The molecular formula is C66H35B2N3O. The van der Waals surface area contributed by atoms with Crippen molar-refractivity contribution in [3.63, 3.8) is 0 Å². The van der Waals surface area contributed by atoms with Crippen molar-refractivity contribution in [2.24, 2.45) is 0 Å². The molecule has 4 aromatic heterocycles. The summed E-state index contributed by atoms with van der Waals surface area (Å²) in [5.41, 5.74) is 29.1. The van der Waals surface area contributed by atoms with Crippen molar-refractivity contribution >= 4 is 123 Å². The van der Waals surface area contributed by atoms with E-state index in [9.17, 15) is 0 Å². The van der Waals surface area contributed by atoms with Crippen LogP contribution in [0.2, 0.25) is 0 Å². The lowest BCUT2D eigenvalue weighted by molar-refractivity contribution is 0.669. The molecule has 4 aliphatic heterocycles. The van der Waals surface area contributed by atoms with Gasteiger partial charge in [-0.3, -0.25) is 0 Å². The maximum absolute atomic E-state index is 6.69.